The van der Waals surface area contributed by atoms with E-state index >= 15 is 0 Å². The second-order valence-corrected chi connectivity index (χ2v) is 14.3. The van der Waals surface area contributed by atoms with E-state index in [2.05, 4.69) is 123 Å². The molecule has 0 saturated carbocycles. The van der Waals surface area contributed by atoms with E-state index in [0.717, 1.165) is 29.7 Å². The molecule has 3 aliphatic rings. The first-order valence-electron chi connectivity index (χ1n) is 14.8. The number of sulfonamides is 1. The summed E-state index contributed by atoms with van der Waals surface area (Å²) in [5.74, 6) is 0. The predicted octanol–water partition coefficient (Wildman–Crippen LogP) is 7.72. The molecule has 43 heavy (non-hydrogen) atoms. The highest BCUT2D eigenvalue weighted by Crippen LogP contribution is 2.48. The Morgan fingerprint density at radius 1 is 0.744 bits per heavy atom. The van der Waals surface area contributed by atoms with Gasteiger partial charge in [-0.05, 0) is 85.4 Å². The molecule has 0 atom stereocenters. The van der Waals surface area contributed by atoms with E-state index in [1.54, 1.807) is 24.3 Å². The van der Waals surface area contributed by atoms with E-state index in [1.807, 2.05) is 12.1 Å². The first-order chi connectivity index (χ1) is 20.4. The Bertz CT molecular complexity index is 1870. The zero-order valence-corrected chi connectivity index (χ0v) is 26.6. The van der Waals surface area contributed by atoms with Crippen molar-refractivity contribution in [2.24, 2.45) is 0 Å². The highest BCUT2D eigenvalue weighted by molar-refractivity contribution is 7.89. The molecule has 2 aliphatic heterocycles. The number of fused-ring (bicyclic) bond motifs is 2. The topological polar surface area (TPSA) is 52.7 Å². The molecule has 0 spiro atoms. The summed E-state index contributed by atoms with van der Waals surface area (Å²) in [6, 6.07) is 25.5. The number of rotatable bonds is 5. The Hall–Kier alpha value is -4.25. The van der Waals surface area contributed by atoms with Gasteiger partial charge in [-0.25, -0.2) is 8.42 Å². The Morgan fingerprint density at radius 3 is 1.95 bits per heavy atom. The van der Waals surface area contributed by atoms with Crippen molar-refractivity contribution in [3.8, 4) is 0 Å². The number of likely N-dealkylation sites (N-methyl/N-ethyl adjacent to an activating group) is 2. The highest BCUT2D eigenvalue weighted by Gasteiger charge is 2.39. The van der Waals surface area contributed by atoms with Crippen LogP contribution in [0.2, 0.25) is 0 Å². The number of benzene rings is 3. The maximum absolute atomic E-state index is 13.6. The zero-order chi connectivity index (χ0) is 30.6. The van der Waals surface area contributed by atoms with E-state index < -0.39 is 10.0 Å². The molecule has 6 rings (SSSR count). The van der Waals surface area contributed by atoms with Crippen LogP contribution in [0.5, 0.6) is 0 Å². The minimum Gasteiger partial charge on any atom is -0.347 e. The highest BCUT2D eigenvalue weighted by atomic mass is 32.2. The minimum absolute atomic E-state index is 0.171. The molecular weight excluding hydrogens is 550 g/mol. The molecule has 0 unspecified atom stereocenters. The number of para-hydroxylation sites is 2. The SMILES string of the molecule is CN1C(=C=CC2=C(NS(=O)(=O)c3ccccc3)C(=CC=C3N(C)c4ccccc4C3(C)C)CC2)C(C)(C)c2ccccc21. The van der Waals surface area contributed by atoms with Crippen molar-refractivity contribution in [2.75, 3.05) is 23.9 Å². The van der Waals surface area contributed by atoms with E-state index in [-0.39, 0.29) is 15.7 Å². The Kier molecular flexibility index (Phi) is 7.03. The molecule has 0 fully saturated rings. The molecule has 0 aromatic heterocycles. The zero-order valence-electron chi connectivity index (χ0n) is 25.8. The van der Waals surface area contributed by atoms with Gasteiger partial charge in [-0.15, -0.1) is 0 Å². The van der Waals surface area contributed by atoms with Crippen molar-refractivity contribution in [3.63, 3.8) is 0 Å². The van der Waals surface area contributed by atoms with Crippen LogP contribution in [0, 0.1) is 0 Å². The average Bonchev–Trinajstić information content (AvgIpc) is 3.52. The van der Waals surface area contributed by atoms with Crippen molar-refractivity contribution in [1.29, 1.82) is 0 Å². The summed E-state index contributed by atoms with van der Waals surface area (Å²) >= 11 is 0. The summed E-state index contributed by atoms with van der Waals surface area (Å²) in [6.45, 7) is 8.90. The number of hydrogen-bond donors (Lipinski definition) is 1. The minimum atomic E-state index is -3.78. The molecule has 6 heteroatoms. The van der Waals surface area contributed by atoms with Gasteiger partial charge in [-0.2, -0.15) is 0 Å². The number of hydrogen-bond acceptors (Lipinski definition) is 4. The van der Waals surface area contributed by atoms with E-state index in [9.17, 15) is 8.42 Å². The number of nitrogens with zero attached hydrogens (tertiary/aromatic N) is 2. The van der Waals surface area contributed by atoms with Gasteiger partial charge in [-0.3, -0.25) is 4.72 Å². The van der Waals surface area contributed by atoms with Gasteiger partial charge in [0.1, 0.15) is 0 Å². The van der Waals surface area contributed by atoms with Gasteiger partial charge >= 0.3 is 0 Å². The molecular formula is C37H39N3O2S. The van der Waals surface area contributed by atoms with Crippen molar-refractivity contribution in [3.05, 3.63) is 142 Å². The normalized spacial score (nSPS) is 20.5. The molecule has 0 bridgehead atoms. The summed E-state index contributed by atoms with van der Waals surface area (Å²) < 4.78 is 30.1. The monoisotopic (exact) mass is 589 g/mol. The van der Waals surface area contributed by atoms with Crippen LogP contribution >= 0.6 is 0 Å². The predicted molar refractivity (Wildman–Crippen MR) is 177 cm³/mol. The summed E-state index contributed by atoms with van der Waals surface area (Å²) in [6.07, 6.45) is 7.69. The first-order valence-corrected chi connectivity index (χ1v) is 16.3. The lowest BCUT2D eigenvalue weighted by Crippen LogP contribution is -2.24. The molecule has 3 aromatic rings. The van der Waals surface area contributed by atoms with Crippen LogP contribution in [-0.2, 0) is 20.9 Å². The van der Waals surface area contributed by atoms with Crippen molar-refractivity contribution in [1.82, 2.24) is 4.72 Å². The van der Waals surface area contributed by atoms with Crippen LogP contribution in [0.4, 0.5) is 11.4 Å². The lowest BCUT2D eigenvalue weighted by molar-refractivity contribution is 0.589. The fraction of sp³-hybridized carbons (Fsp3) is 0.270. The molecule has 3 aromatic carbocycles. The second-order valence-electron chi connectivity index (χ2n) is 12.6. The smallest absolute Gasteiger partial charge is 0.261 e. The maximum atomic E-state index is 13.6. The Labute approximate surface area is 256 Å². The summed E-state index contributed by atoms with van der Waals surface area (Å²) in [5, 5.41) is 0. The van der Waals surface area contributed by atoms with E-state index in [4.69, 9.17) is 0 Å². The van der Waals surface area contributed by atoms with Crippen LogP contribution in [0.1, 0.15) is 51.7 Å². The van der Waals surface area contributed by atoms with E-state index in [0.29, 0.717) is 5.70 Å². The third kappa shape index (κ3) is 4.85. The fourth-order valence-electron chi connectivity index (χ4n) is 6.84. The average molecular weight is 590 g/mol. The number of allylic oxidation sites excluding steroid dienone is 6. The van der Waals surface area contributed by atoms with Gasteiger partial charge in [0.25, 0.3) is 10.0 Å². The van der Waals surface area contributed by atoms with Crippen LogP contribution in [-0.4, -0.2) is 22.5 Å². The maximum Gasteiger partial charge on any atom is 0.261 e. The second kappa shape index (κ2) is 10.5. The summed E-state index contributed by atoms with van der Waals surface area (Å²) in [7, 11) is 0.384. The van der Waals surface area contributed by atoms with E-state index in [1.165, 1.54) is 28.2 Å². The molecule has 220 valence electrons. The fourth-order valence-corrected chi connectivity index (χ4v) is 8.00. The molecule has 0 radical (unpaired) electrons. The first kappa shape index (κ1) is 28.9. The van der Waals surface area contributed by atoms with Gasteiger partial charge in [0.15, 0.2) is 0 Å². The van der Waals surface area contributed by atoms with Crippen LogP contribution < -0.4 is 14.5 Å². The van der Waals surface area contributed by atoms with Crippen molar-refractivity contribution < 1.29 is 8.42 Å². The molecule has 5 nitrogen and oxygen atoms in total. The summed E-state index contributed by atoms with van der Waals surface area (Å²) in [5.41, 5.74) is 12.9. The Morgan fingerprint density at radius 2 is 1.33 bits per heavy atom. The third-order valence-electron chi connectivity index (χ3n) is 9.23. The molecule has 0 amide bonds. The molecule has 1 N–H and O–H groups in total. The Balaban J connectivity index is 1.44. The van der Waals surface area contributed by atoms with Gasteiger partial charge in [0.05, 0.1) is 16.3 Å². The molecule has 0 saturated heterocycles. The van der Waals surface area contributed by atoms with Gasteiger partial charge in [0.2, 0.25) is 0 Å². The molecule has 2 heterocycles. The largest absolute Gasteiger partial charge is 0.347 e. The van der Waals surface area contributed by atoms with Crippen LogP contribution in [0.25, 0.3) is 0 Å². The van der Waals surface area contributed by atoms with Crippen LogP contribution in [0.15, 0.2) is 136 Å². The summed E-state index contributed by atoms with van der Waals surface area (Å²) in [4.78, 5) is 4.67. The third-order valence-corrected chi connectivity index (χ3v) is 10.6. The lowest BCUT2D eigenvalue weighted by Gasteiger charge is -2.24. The van der Waals surface area contributed by atoms with Gasteiger partial charge < -0.3 is 9.80 Å². The lowest BCUT2D eigenvalue weighted by atomic mass is 9.83. The number of anilines is 2. The van der Waals surface area contributed by atoms with Crippen molar-refractivity contribution >= 4 is 21.4 Å². The van der Waals surface area contributed by atoms with Gasteiger partial charge in [-0.1, -0.05) is 80.3 Å². The van der Waals surface area contributed by atoms with Crippen molar-refractivity contribution in [2.45, 2.75) is 56.3 Å². The quantitative estimate of drug-likeness (QED) is 0.310. The van der Waals surface area contributed by atoms with Crippen LogP contribution in [0.3, 0.4) is 0 Å². The standard InChI is InChI=1S/C37H39N3O2S/c1-36(2)29-16-10-12-18-31(29)39(5)33(36)24-22-26-20-21-27(35(26)38-43(41,42)28-14-8-7-9-15-28)23-25-34-37(3,4)30-17-11-13-19-32(30)40(34)6/h7-19,22-24,38H,20-21H2,1-6H3. The number of nitrogens with one attached hydrogen (secondary N) is 1. The molecule has 1 aliphatic carbocycles. The van der Waals surface area contributed by atoms with Gasteiger partial charge in [0, 0.05) is 42.0 Å².